The van der Waals surface area contributed by atoms with Gasteiger partial charge < -0.3 is 0 Å². The quantitative estimate of drug-likeness (QED) is 0.618. The van der Waals surface area contributed by atoms with E-state index in [-0.39, 0.29) is 0 Å². The Morgan fingerprint density at radius 2 is 2.00 bits per heavy atom. The van der Waals surface area contributed by atoms with Crippen LogP contribution in [0.25, 0.3) is 0 Å². The van der Waals surface area contributed by atoms with Crippen LogP contribution < -0.4 is 5.59 Å². The predicted octanol–water partition coefficient (Wildman–Crippen LogP) is 0.749. The van der Waals surface area contributed by atoms with Gasteiger partial charge in [0.1, 0.15) is 0 Å². The fraction of sp³-hybridized carbons (Fsp3) is 0.750. The van der Waals surface area contributed by atoms with Crippen molar-refractivity contribution < 1.29 is 0 Å². The zero-order valence-corrected chi connectivity index (χ0v) is 8.28. The monoisotopic (exact) mass is 165 g/mol. The molecule has 0 saturated carbocycles. The van der Waals surface area contributed by atoms with E-state index in [1.165, 1.54) is 0 Å². The van der Waals surface area contributed by atoms with E-state index in [2.05, 4.69) is 38.0 Å². The van der Waals surface area contributed by atoms with E-state index >= 15 is 0 Å². The van der Waals surface area contributed by atoms with Crippen molar-refractivity contribution in [2.45, 2.75) is 39.6 Å². The molecule has 0 N–H and O–H groups in total. The van der Waals surface area contributed by atoms with Gasteiger partial charge in [-0.2, -0.15) is 0 Å². The first-order chi connectivity index (χ1) is 5.59. The maximum absolute atomic E-state index is 4.09. The Morgan fingerprint density at radius 3 is 2.42 bits per heavy atom. The zero-order chi connectivity index (χ0) is 9.14. The van der Waals surface area contributed by atoms with Crippen LogP contribution >= 0.6 is 0 Å². The molecule has 12 heavy (non-hydrogen) atoms. The lowest BCUT2D eigenvalue weighted by Crippen LogP contribution is -2.17. The Balaban J connectivity index is 2.64. The molecule has 0 aliphatic rings. The number of hydrogen-bond donors (Lipinski definition) is 0. The van der Waals surface area contributed by atoms with Crippen molar-refractivity contribution in [1.82, 2.24) is 15.0 Å². The molecule has 0 saturated heterocycles. The van der Waals surface area contributed by atoms with Gasteiger partial charge in [-0.3, -0.25) is 4.68 Å². The molecule has 3 nitrogen and oxygen atoms in total. The third kappa shape index (κ3) is 2.36. The molecular weight excluding hydrogens is 149 g/mol. The van der Waals surface area contributed by atoms with E-state index in [0.29, 0.717) is 11.9 Å². The molecule has 0 radical (unpaired) electrons. The molecule has 1 aromatic heterocycles. The fourth-order valence-electron chi connectivity index (χ4n) is 1.08. The summed E-state index contributed by atoms with van der Waals surface area (Å²) >= 11 is 0. The summed E-state index contributed by atoms with van der Waals surface area (Å²) in [4.78, 5) is 0. The molecule has 0 unspecified atom stereocenters. The second-order valence-corrected chi connectivity index (χ2v) is 3.88. The minimum atomic E-state index is 0.415. The normalized spacial score (nSPS) is 11.2. The van der Waals surface area contributed by atoms with Crippen LogP contribution in [0.15, 0.2) is 6.20 Å². The van der Waals surface area contributed by atoms with Gasteiger partial charge in [0.05, 0.1) is 0 Å². The van der Waals surface area contributed by atoms with Crippen LogP contribution in [0.1, 0.15) is 33.7 Å². The highest BCUT2D eigenvalue weighted by molar-refractivity contribution is 6.53. The summed E-state index contributed by atoms with van der Waals surface area (Å²) in [7, 11) is 1.02. The second kappa shape index (κ2) is 3.74. The number of nitrogens with zero attached hydrogens (tertiary/aromatic N) is 3. The molecule has 0 amide bonds. The van der Waals surface area contributed by atoms with Crippen LogP contribution in [-0.4, -0.2) is 22.3 Å². The summed E-state index contributed by atoms with van der Waals surface area (Å²) < 4.78 is 1.90. The molecule has 0 spiro atoms. The van der Waals surface area contributed by atoms with Gasteiger partial charge >= 0.3 is 0 Å². The molecule has 4 heteroatoms. The van der Waals surface area contributed by atoms with Crippen LogP contribution in [0.4, 0.5) is 0 Å². The van der Waals surface area contributed by atoms with Gasteiger partial charge in [0.25, 0.3) is 0 Å². The first-order valence-electron chi connectivity index (χ1n) is 4.50. The van der Waals surface area contributed by atoms with Crippen molar-refractivity contribution in [3.05, 3.63) is 6.20 Å². The van der Waals surface area contributed by atoms with Gasteiger partial charge in [-0.1, -0.05) is 24.9 Å². The lowest BCUT2D eigenvalue weighted by Gasteiger charge is -2.01. The summed E-state index contributed by atoms with van der Waals surface area (Å²) in [6, 6.07) is 0.415. The van der Waals surface area contributed by atoms with Gasteiger partial charge in [-0.05, 0) is 13.8 Å². The number of rotatable bonds is 3. The lowest BCUT2D eigenvalue weighted by molar-refractivity contribution is 0.514. The SMILES string of the molecule is CC(C)Bc1cn(C(C)C)nn1. The molecule has 66 valence electrons. The second-order valence-electron chi connectivity index (χ2n) is 3.88. The molecule has 0 bridgehead atoms. The van der Waals surface area contributed by atoms with Crippen molar-refractivity contribution in [1.29, 1.82) is 0 Å². The molecule has 1 rings (SSSR count). The lowest BCUT2D eigenvalue weighted by atomic mass is 9.64. The van der Waals surface area contributed by atoms with Crippen molar-refractivity contribution >= 4 is 12.9 Å². The maximum Gasteiger partial charge on any atom is 0.189 e. The fourth-order valence-corrected chi connectivity index (χ4v) is 1.08. The average Bonchev–Trinajstić information content (AvgIpc) is 2.34. The van der Waals surface area contributed by atoms with Crippen LogP contribution in [0.3, 0.4) is 0 Å². The van der Waals surface area contributed by atoms with Crippen molar-refractivity contribution in [2.75, 3.05) is 0 Å². The highest BCUT2D eigenvalue weighted by Crippen LogP contribution is 1.99. The van der Waals surface area contributed by atoms with Crippen LogP contribution in [0.5, 0.6) is 0 Å². The summed E-state index contributed by atoms with van der Waals surface area (Å²) in [6.45, 7) is 8.59. The Morgan fingerprint density at radius 1 is 1.33 bits per heavy atom. The van der Waals surface area contributed by atoms with E-state index in [9.17, 15) is 0 Å². The van der Waals surface area contributed by atoms with E-state index in [1.807, 2.05) is 10.9 Å². The topological polar surface area (TPSA) is 30.7 Å². The minimum Gasteiger partial charge on any atom is -0.251 e. The van der Waals surface area contributed by atoms with Gasteiger partial charge in [0.15, 0.2) is 7.28 Å². The van der Waals surface area contributed by atoms with Crippen molar-refractivity contribution in [2.24, 2.45) is 0 Å². The standard InChI is InChI=1S/C8H16BN3/c1-6(2)9-8-5-12(7(3)4)11-10-8/h5-7,9H,1-4H3. The van der Waals surface area contributed by atoms with E-state index in [1.54, 1.807) is 0 Å². The molecule has 1 heterocycles. The Labute approximate surface area is 74.4 Å². The van der Waals surface area contributed by atoms with Crippen LogP contribution in [0, 0.1) is 0 Å². The number of aromatic nitrogens is 3. The molecule has 0 aromatic carbocycles. The molecule has 0 aliphatic heterocycles. The molecule has 1 aromatic rings. The highest BCUT2D eigenvalue weighted by Gasteiger charge is 2.06. The minimum absolute atomic E-state index is 0.415. The van der Waals surface area contributed by atoms with Crippen molar-refractivity contribution in [3.63, 3.8) is 0 Å². The first-order valence-corrected chi connectivity index (χ1v) is 4.50. The summed E-state index contributed by atoms with van der Waals surface area (Å²) in [5, 5.41) is 8.13. The molecule has 0 fully saturated rings. The largest absolute Gasteiger partial charge is 0.251 e. The summed E-state index contributed by atoms with van der Waals surface area (Å²) in [5.41, 5.74) is 1.10. The van der Waals surface area contributed by atoms with E-state index in [0.717, 1.165) is 12.9 Å². The van der Waals surface area contributed by atoms with Gasteiger partial charge in [-0.15, -0.1) is 5.10 Å². The Hall–Kier alpha value is -0.795. The third-order valence-corrected chi connectivity index (χ3v) is 1.70. The van der Waals surface area contributed by atoms with Gasteiger partial charge in [0, 0.05) is 17.8 Å². The zero-order valence-electron chi connectivity index (χ0n) is 8.28. The van der Waals surface area contributed by atoms with E-state index < -0.39 is 0 Å². The third-order valence-electron chi connectivity index (χ3n) is 1.70. The van der Waals surface area contributed by atoms with Crippen LogP contribution in [0.2, 0.25) is 5.82 Å². The maximum atomic E-state index is 4.09. The Kier molecular flexibility index (Phi) is 2.90. The predicted molar refractivity (Wildman–Crippen MR) is 52.3 cm³/mol. The first kappa shape index (κ1) is 9.29. The molecule has 0 aliphatic carbocycles. The molecule has 0 atom stereocenters. The average molecular weight is 165 g/mol. The van der Waals surface area contributed by atoms with E-state index in [4.69, 9.17) is 0 Å². The van der Waals surface area contributed by atoms with Crippen molar-refractivity contribution in [3.8, 4) is 0 Å². The highest BCUT2D eigenvalue weighted by atomic mass is 15.4. The van der Waals surface area contributed by atoms with Gasteiger partial charge in [0.2, 0.25) is 0 Å². The molecular formula is C8H16BN3. The summed E-state index contributed by atoms with van der Waals surface area (Å²) in [5.74, 6) is 0.655. The van der Waals surface area contributed by atoms with Crippen LogP contribution in [-0.2, 0) is 0 Å². The number of hydrogen-bond acceptors (Lipinski definition) is 2. The Bertz CT molecular complexity index is 242. The van der Waals surface area contributed by atoms with Gasteiger partial charge in [-0.25, -0.2) is 0 Å². The smallest absolute Gasteiger partial charge is 0.189 e. The summed E-state index contributed by atoms with van der Waals surface area (Å²) in [6.07, 6.45) is 2.03.